The fourth-order valence-corrected chi connectivity index (χ4v) is 1.56. The highest BCUT2D eigenvalue weighted by Crippen LogP contribution is 2.24. The Morgan fingerprint density at radius 3 is 2.92 bits per heavy atom. The molecule has 1 aliphatic heterocycles. The zero-order chi connectivity index (χ0) is 9.26. The number of anilines is 1. The maximum atomic E-state index is 11.3. The van der Waals surface area contributed by atoms with Gasteiger partial charge in [-0.05, 0) is 11.6 Å². The molecule has 1 heterocycles. The molecule has 2 nitrogen and oxygen atoms in total. The second-order valence-electron chi connectivity index (χ2n) is 3.09. The van der Waals surface area contributed by atoms with E-state index in [0.29, 0.717) is 6.54 Å². The highest BCUT2D eigenvalue weighted by Gasteiger charge is 2.14. The quantitative estimate of drug-likeness (QED) is 0.588. The molecular formula is C11H11NO. The van der Waals surface area contributed by atoms with E-state index in [-0.39, 0.29) is 5.91 Å². The molecule has 0 fully saturated rings. The number of benzene rings is 1. The summed E-state index contributed by atoms with van der Waals surface area (Å²) < 4.78 is 0. The highest BCUT2D eigenvalue weighted by atomic mass is 16.2. The number of nitrogens with zero attached hydrogens (tertiary/aromatic N) is 1. The number of amides is 1. The van der Waals surface area contributed by atoms with Crippen molar-refractivity contribution in [3.8, 4) is 0 Å². The predicted octanol–water partition coefficient (Wildman–Crippen LogP) is 2.07. The first-order valence-corrected chi connectivity index (χ1v) is 4.33. The summed E-state index contributed by atoms with van der Waals surface area (Å²) in [5, 5.41) is 0. The van der Waals surface area contributed by atoms with Crippen LogP contribution in [0, 0.1) is 0 Å². The van der Waals surface area contributed by atoms with Crippen LogP contribution in [-0.4, -0.2) is 12.5 Å². The van der Waals surface area contributed by atoms with Crippen molar-refractivity contribution in [3.05, 3.63) is 35.9 Å². The maximum Gasteiger partial charge on any atom is 0.224 e. The summed E-state index contributed by atoms with van der Waals surface area (Å²) in [4.78, 5) is 13.0. The minimum atomic E-state index is 0.0943. The second kappa shape index (κ2) is 3.05. The lowest BCUT2D eigenvalue weighted by Gasteiger charge is -2.24. The number of hydrogen-bond acceptors (Lipinski definition) is 1. The van der Waals surface area contributed by atoms with Crippen LogP contribution in [-0.2, 0) is 4.79 Å². The normalized spacial score (nSPS) is 14.1. The summed E-state index contributed by atoms with van der Waals surface area (Å²) in [6, 6.07) is 7.92. The minimum Gasteiger partial charge on any atom is -0.308 e. The molecular weight excluding hydrogens is 162 g/mol. The van der Waals surface area contributed by atoms with Crippen LogP contribution >= 0.6 is 0 Å². The van der Waals surface area contributed by atoms with Crippen LogP contribution in [0.15, 0.2) is 30.3 Å². The molecule has 0 unspecified atom stereocenters. The molecule has 1 aromatic carbocycles. The first-order chi connectivity index (χ1) is 6.29. The predicted molar refractivity (Wildman–Crippen MR) is 53.5 cm³/mol. The fourth-order valence-electron chi connectivity index (χ4n) is 1.56. The lowest BCUT2D eigenvalue weighted by molar-refractivity contribution is -0.116. The number of rotatable bonds is 0. The average molecular weight is 173 g/mol. The largest absolute Gasteiger partial charge is 0.308 e. The zero-order valence-electron chi connectivity index (χ0n) is 7.53. The smallest absolute Gasteiger partial charge is 0.224 e. The Morgan fingerprint density at radius 1 is 1.38 bits per heavy atom. The molecule has 0 saturated heterocycles. The Hall–Kier alpha value is -1.57. The molecule has 2 heteroatoms. The van der Waals surface area contributed by atoms with Crippen molar-refractivity contribution in [1.82, 2.24) is 0 Å². The summed E-state index contributed by atoms with van der Waals surface area (Å²) in [7, 11) is 0. The highest BCUT2D eigenvalue weighted by molar-refractivity contribution is 5.95. The number of fused-ring (bicyclic) bond motifs is 1. The van der Waals surface area contributed by atoms with E-state index in [4.69, 9.17) is 0 Å². The SMILES string of the molecule is CC(=O)N1CC=Cc2ccccc21. The number of hydrogen-bond donors (Lipinski definition) is 0. The Labute approximate surface area is 77.5 Å². The zero-order valence-corrected chi connectivity index (χ0v) is 7.53. The first kappa shape index (κ1) is 8.05. The fraction of sp³-hybridized carbons (Fsp3) is 0.182. The van der Waals surface area contributed by atoms with E-state index in [9.17, 15) is 4.79 Å². The van der Waals surface area contributed by atoms with E-state index in [1.165, 1.54) is 0 Å². The minimum absolute atomic E-state index is 0.0943. The molecule has 0 atom stereocenters. The van der Waals surface area contributed by atoms with Gasteiger partial charge >= 0.3 is 0 Å². The van der Waals surface area contributed by atoms with Crippen molar-refractivity contribution >= 4 is 17.7 Å². The first-order valence-electron chi connectivity index (χ1n) is 4.33. The molecule has 66 valence electrons. The third kappa shape index (κ3) is 1.35. The molecule has 2 rings (SSSR count). The third-order valence-electron chi connectivity index (χ3n) is 2.19. The summed E-state index contributed by atoms with van der Waals surface area (Å²) >= 11 is 0. The molecule has 0 N–H and O–H groups in total. The van der Waals surface area contributed by atoms with Crippen molar-refractivity contribution in [3.63, 3.8) is 0 Å². The number of carbonyl (C=O) groups excluding carboxylic acids is 1. The van der Waals surface area contributed by atoms with Crippen LogP contribution < -0.4 is 4.90 Å². The standard InChI is InChI=1S/C11H11NO/c1-9(13)12-8-4-6-10-5-2-3-7-11(10)12/h2-7H,8H2,1H3. The van der Waals surface area contributed by atoms with Gasteiger partial charge in [-0.15, -0.1) is 0 Å². The van der Waals surface area contributed by atoms with Crippen molar-refractivity contribution in [1.29, 1.82) is 0 Å². The van der Waals surface area contributed by atoms with Gasteiger partial charge in [-0.2, -0.15) is 0 Å². The van der Waals surface area contributed by atoms with Gasteiger partial charge in [-0.25, -0.2) is 0 Å². The van der Waals surface area contributed by atoms with E-state index >= 15 is 0 Å². The van der Waals surface area contributed by atoms with Crippen LogP contribution in [0.25, 0.3) is 6.08 Å². The molecule has 0 bridgehead atoms. The van der Waals surface area contributed by atoms with Gasteiger partial charge in [0.15, 0.2) is 0 Å². The van der Waals surface area contributed by atoms with E-state index in [0.717, 1.165) is 11.3 Å². The average Bonchev–Trinajstić information content (AvgIpc) is 2.17. The van der Waals surface area contributed by atoms with Gasteiger partial charge in [0.1, 0.15) is 0 Å². The Morgan fingerprint density at radius 2 is 2.15 bits per heavy atom. The summed E-state index contributed by atoms with van der Waals surface area (Å²) in [6.45, 7) is 2.28. The Bertz CT molecular complexity index is 368. The van der Waals surface area contributed by atoms with E-state index < -0.39 is 0 Å². The molecule has 0 saturated carbocycles. The number of para-hydroxylation sites is 1. The van der Waals surface area contributed by atoms with Gasteiger partial charge in [-0.3, -0.25) is 4.79 Å². The molecule has 0 aliphatic carbocycles. The molecule has 0 radical (unpaired) electrons. The van der Waals surface area contributed by atoms with E-state index in [1.54, 1.807) is 11.8 Å². The summed E-state index contributed by atoms with van der Waals surface area (Å²) in [5.74, 6) is 0.0943. The molecule has 0 aromatic heterocycles. The topological polar surface area (TPSA) is 20.3 Å². The third-order valence-corrected chi connectivity index (χ3v) is 2.19. The second-order valence-corrected chi connectivity index (χ2v) is 3.09. The van der Waals surface area contributed by atoms with Gasteiger partial charge in [0.25, 0.3) is 0 Å². The number of carbonyl (C=O) groups is 1. The van der Waals surface area contributed by atoms with Crippen molar-refractivity contribution in [2.75, 3.05) is 11.4 Å². The van der Waals surface area contributed by atoms with Crippen LogP contribution in [0.5, 0.6) is 0 Å². The van der Waals surface area contributed by atoms with Crippen LogP contribution in [0.2, 0.25) is 0 Å². The van der Waals surface area contributed by atoms with Crippen LogP contribution in [0.1, 0.15) is 12.5 Å². The van der Waals surface area contributed by atoms with Gasteiger partial charge in [0.05, 0.1) is 5.69 Å². The van der Waals surface area contributed by atoms with Crippen molar-refractivity contribution in [2.24, 2.45) is 0 Å². The van der Waals surface area contributed by atoms with E-state index in [1.807, 2.05) is 30.3 Å². The molecule has 13 heavy (non-hydrogen) atoms. The Kier molecular flexibility index (Phi) is 1.89. The van der Waals surface area contributed by atoms with Gasteiger partial charge in [0.2, 0.25) is 5.91 Å². The summed E-state index contributed by atoms with van der Waals surface area (Å²) in [5.41, 5.74) is 2.13. The monoisotopic (exact) mass is 173 g/mol. The Balaban J connectivity index is 2.49. The molecule has 1 amide bonds. The van der Waals surface area contributed by atoms with Gasteiger partial charge < -0.3 is 4.90 Å². The molecule has 1 aliphatic rings. The van der Waals surface area contributed by atoms with Crippen LogP contribution in [0.3, 0.4) is 0 Å². The molecule has 1 aromatic rings. The van der Waals surface area contributed by atoms with Crippen molar-refractivity contribution < 1.29 is 4.79 Å². The van der Waals surface area contributed by atoms with Gasteiger partial charge in [0, 0.05) is 13.5 Å². The summed E-state index contributed by atoms with van der Waals surface area (Å²) in [6.07, 6.45) is 4.05. The maximum absolute atomic E-state index is 11.3. The van der Waals surface area contributed by atoms with E-state index in [2.05, 4.69) is 6.08 Å². The van der Waals surface area contributed by atoms with Gasteiger partial charge in [-0.1, -0.05) is 30.4 Å². The molecule has 0 spiro atoms. The van der Waals surface area contributed by atoms with Crippen molar-refractivity contribution in [2.45, 2.75) is 6.92 Å². The lowest BCUT2D eigenvalue weighted by atomic mass is 10.1. The lowest BCUT2D eigenvalue weighted by Crippen LogP contribution is -2.30. The van der Waals surface area contributed by atoms with Crippen LogP contribution in [0.4, 0.5) is 5.69 Å².